The largest absolute Gasteiger partial charge is 0.480 e. The van der Waals surface area contributed by atoms with Crippen molar-refractivity contribution in [1.29, 1.82) is 0 Å². The zero-order chi connectivity index (χ0) is 16.2. The lowest BCUT2D eigenvalue weighted by atomic mass is 10.0. The van der Waals surface area contributed by atoms with Gasteiger partial charge in [0.15, 0.2) is 6.10 Å². The summed E-state index contributed by atoms with van der Waals surface area (Å²) in [6, 6.07) is 9.48. The second kappa shape index (κ2) is 7.27. The van der Waals surface area contributed by atoms with Crippen LogP contribution in [-0.4, -0.2) is 28.6 Å². The van der Waals surface area contributed by atoms with Gasteiger partial charge in [-0.1, -0.05) is 6.07 Å². The number of aromatic nitrogens is 1. The van der Waals surface area contributed by atoms with Gasteiger partial charge < -0.3 is 15.2 Å². The molecule has 1 aromatic carbocycles. The van der Waals surface area contributed by atoms with E-state index >= 15 is 0 Å². The predicted molar refractivity (Wildman–Crippen MR) is 94.1 cm³/mol. The average Bonchev–Trinajstić information content (AvgIpc) is 2.59. The van der Waals surface area contributed by atoms with Crippen LogP contribution in [0.25, 0.3) is 0 Å². The van der Waals surface area contributed by atoms with Crippen molar-refractivity contribution < 1.29 is 14.6 Å². The number of benzene rings is 1. The highest BCUT2D eigenvalue weighted by atomic mass is 127. The lowest BCUT2D eigenvalue weighted by Crippen LogP contribution is -2.41. The number of rotatable bonds is 4. The molecule has 120 valence electrons. The molecule has 2 aromatic rings. The van der Waals surface area contributed by atoms with Crippen molar-refractivity contribution in [3.05, 3.63) is 57.4 Å². The van der Waals surface area contributed by atoms with Gasteiger partial charge in [0.25, 0.3) is 5.91 Å². The lowest BCUT2D eigenvalue weighted by molar-refractivity contribution is -0.129. The molecule has 2 N–H and O–H groups in total. The number of pyridine rings is 1. The summed E-state index contributed by atoms with van der Waals surface area (Å²) in [6.45, 7) is 0.143. The molecular formula is C17H17IN2O3. The molecule has 2 heterocycles. The monoisotopic (exact) mass is 424 g/mol. The topological polar surface area (TPSA) is 71.5 Å². The Morgan fingerprint density at radius 2 is 2.35 bits per heavy atom. The van der Waals surface area contributed by atoms with Crippen LogP contribution in [0, 0.1) is 3.57 Å². The number of aliphatic hydroxyl groups excluding tert-OH is 1. The Balaban J connectivity index is 1.56. The van der Waals surface area contributed by atoms with Crippen molar-refractivity contribution in [3.63, 3.8) is 0 Å². The van der Waals surface area contributed by atoms with Crippen LogP contribution in [0.3, 0.4) is 0 Å². The molecule has 0 unspecified atom stereocenters. The number of aryl methyl sites for hydroxylation is 1. The van der Waals surface area contributed by atoms with E-state index in [9.17, 15) is 9.90 Å². The fourth-order valence-electron chi connectivity index (χ4n) is 2.54. The van der Waals surface area contributed by atoms with Crippen molar-refractivity contribution in [3.8, 4) is 5.75 Å². The lowest BCUT2D eigenvalue weighted by Gasteiger charge is -2.25. The number of nitrogens with zero attached hydrogens (tertiary/aromatic N) is 1. The van der Waals surface area contributed by atoms with Crippen LogP contribution in [0.1, 0.15) is 23.7 Å². The maximum atomic E-state index is 12.2. The molecule has 3 rings (SSSR count). The Morgan fingerprint density at radius 1 is 1.48 bits per heavy atom. The summed E-state index contributed by atoms with van der Waals surface area (Å²) in [4.78, 5) is 16.2. The van der Waals surface area contributed by atoms with Crippen molar-refractivity contribution in [2.45, 2.75) is 25.0 Å². The van der Waals surface area contributed by atoms with Crippen molar-refractivity contribution in [2.24, 2.45) is 0 Å². The van der Waals surface area contributed by atoms with Gasteiger partial charge in [0.2, 0.25) is 0 Å². The highest BCUT2D eigenvalue weighted by Gasteiger charge is 2.26. The molecule has 1 aromatic heterocycles. The van der Waals surface area contributed by atoms with Gasteiger partial charge in [-0.25, -0.2) is 0 Å². The van der Waals surface area contributed by atoms with Crippen molar-refractivity contribution >= 4 is 28.5 Å². The summed E-state index contributed by atoms with van der Waals surface area (Å²) in [5.74, 6) is 0.571. The van der Waals surface area contributed by atoms with Crippen molar-refractivity contribution in [1.82, 2.24) is 10.3 Å². The number of carbonyl (C=O) groups is 1. The molecule has 6 heteroatoms. The van der Waals surface area contributed by atoms with Crippen LogP contribution in [-0.2, 0) is 11.2 Å². The highest BCUT2D eigenvalue weighted by Crippen LogP contribution is 2.29. The highest BCUT2D eigenvalue weighted by molar-refractivity contribution is 14.1. The Hall–Kier alpha value is -1.67. The first kappa shape index (κ1) is 16.2. The quantitative estimate of drug-likeness (QED) is 0.739. The summed E-state index contributed by atoms with van der Waals surface area (Å²) in [5, 5.41) is 12.8. The van der Waals surface area contributed by atoms with E-state index in [4.69, 9.17) is 4.74 Å². The maximum Gasteiger partial charge on any atom is 0.261 e. The minimum absolute atomic E-state index is 0.143. The molecule has 1 aliphatic heterocycles. The van der Waals surface area contributed by atoms with E-state index in [0.29, 0.717) is 12.0 Å². The van der Waals surface area contributed by atoms with Crippen LogP contribution in [0.5, 0.6) is 5.75 Å². The van der Waals surface area contributed by atoms with E-state index < -0.39 is 12.2 Å². The molecule has 5 nitrogen and oxygen atoms in total. The molecule has 0 bridgehead atoms. The van der Waals surface area contributed by atoms with Crippen LogP contribution in [0.4, 0.5) is 0 Å². The number of nitrogens with one attached hydrogen (secondary N) is 1. The first-order chi connectivity index (χ1) is 11.1. The molecule has 0 saturated heterocycles. The number of amides is 1. The minimum atomic E-state index is -0.773. The third-order valence-corrected chi connectivity index (χ3v) is 4.47. The molecule has 2 atom stereocenters. The van der Waals surface area contributed by atoms with Crippen LogP contribution in [0.2, 0.25) is 0 Å². The fourth-order valence-corrected chi connectivity index (χ4v) is 3.10. The molecule has 0 saturated carbocycles. The van der Waals surface area contributed by atoms with Gasteiger partial charge in [-0.15, -0.1) is 0 Å². The van der Waals surface area contributed by atoms with E-state index in [1.807, 2.05) is 12.1 Å². The number of fused-ring (bicyclic) bond motifs is 1. The predicted octanol–water partition coefficient (Wildman–Crippen LogP) is 2.23. The number of aliphatic hydroxyl groups is 1. The van der Waals surface area contributed by atoms with Gasteiger partial charge in [0.1, 0.15) is 5.75 Å². The summed E-state index contributed by atoms with van der Waals surface area (Å²) >= 11 is 2.26. The van der Waals surface area contributed by atoms with Gasteiger partial charge >= 0.3 is 0 Å². The second-order valence-electron chi connectivity index (χ2n) is 5.44. The Bertz CT molecular complexity index is 693. The summed E-state index contributed by atoms with van der Waals surface area (Å²) in [5.41, 5.74) is 1.81. The first-order valence-corrected chi connectivity index (χ1v) is 8.52. The maximum absolute atomic E-state index is 12.2. The Morgan fingerprint density at radius 3 is 3.13 bits per heavy atom. The molecular weight excluding hydrogens is 407 g/mol. The number of halogens is 1. The second-order valence-corrected chi connectivity index (χ2v) is 6.69. The van der Waals surface area contributed by atoms with E-state index in [1.54, 1.807) is 24.5 Å². The van der Waals surface area contributed by atoms with Crippen LogP contribution < -0.4 is 10.1 Å². The van der Waals surface area contributed by atoms with Gasteiger partial charge in [-0.05, 0) is 65.3 Å². The normalized spacial score (nSPS) is 17.7. The SMILES string of the molecule is O=C(NC[C@H](O)c1cccnc1)[C@@H]1CCc2cc(I)ccc2O1. The molecule has 23 heavy (non-hydrogen) atoms. The van der Waals surface area contributed by atoms with E-state index in [-0.39, 0.29) is 12.5 Å². The third kappa shape index (κ3) is 4.00. The molecule has 1 amide bonds. The van der Waals surface area contributed by atoms with Gasteiger partial charge in [0.05, 0.1) is 6.10 Å². The fraction of sp³-hybridized carbons (Fsp3) is 0.294. The number of carbonyl (C=O) groups excluding carboxylic acids is 1. The number of ether oxygens (including phenoxy) is 1. The van der Waals surface area contributed by atoms with Crippen LogP contribution in [0.15, 0.2) is 42.7 Å². The summed E-state index contributed by atoms with van der Waals surface area (Å²) < 4.78 is 6.94. The van der Waals surface area contributed by atoms with E-state index in [2.05, 4.69) is 39.0 Å². The summed E-state index contributed by atoms with van der Waals surface area (Å²) in [6.07, 6.45) is 3.40. The minimum Gasteiger partial charge on any atom is -0.480 e. The third-order valence-electron chi connectivity index (χ3n) is 3.80. The molecule has 1 aliphatic rings. The smallest absolute Gasteiger partial charge is 0.261 e. The van der Waals surface area contributed by atoms with Crippen LogP contribution >= 0.6 is 22.6 Å². The molecule has 0 fully saturated rings. The van der Waals surface area contributed by atoms with E-state index in [1.165, 1.54) is 0 Å². The average molecular weight is 424 g/mol. The first-order valence-electron chi connectivity index (χ1n) is 7.44. The molecule has 0 spiro atoms. The van der Waals surface area contributed by atoms with Gasteiger partial charge in [0, 0.05) is 28.1 Å². The Kier molecular flexibility index (Phi) is 5.12. The van der Waals surface area contributed by atoms with Gasteiger partial charge in [-0.2, -0.15) is 0 Å². The molecule has 0 aliphatic carbocycles. The van der Waals surface area contributed by atoms with E-state index in [0.717, 1.165) is 21.3 Å². The zero-order valence-corrected chi connectivity index (χ0v) is 14.6. The molecule has 0 radical (unpaired) electrons. The number of hydrogen-bond donors (Lipinski definition) is 2. The number of hydrogen-bond acceptors (Lipinski definition) is 4. The van der Waals surface area contributed by atoms with Crippen molar-refractivity contribution in [2.75, 3.05) is 6.54 Å². The Labute approximate surface area is 148 Å². The van der Waals surface area contributed by atoms with Gasteiger partial charge in [-0.3, -0.25) is 9.78 Å². The summed E-state index contributed by atoms with van der Waals surface area (Å²) in [7, 11) is 0. The standard InChI is InChI=1S/C17H17IN2O3/c18-13-4-6-15-11(8-13)3-5-16(23-15)17(22)20-10-14(21)12-2-1-7-19-9-12/h1-2,4,6-9,14,16,21H,3,5,10H2,(H,20,22)/t14-,16-/m0/s1. The zero-order valence-electron chi connectivity index (χ0n) is 12.4.